The van der Waals surface area contributed by atoms with Crippen LogP contribution in [0.25, 0.3) is 11.5 Å². The molecule has 0 aliphatic rings. The molecule has 0 aliphatic carbocycles. The van der Waals surface area contributed by atoms with Crippen LogP contribution in [0.3, 0.4) is 0 Å². The van der Waals surface area contributed by atoms with Gasteiger partial charge in [0.25, 0.3) is 0 Å². The summed E-state index contributed by atoms with van der Waals surface area (Å²) in [6, 6.07) is 14.7. The number of benzene rings is 2. The Morgan fingerprint density at radius 2 is 1.90 bits per heavy atom. The predicted molar refractivity (Wildman–Crippen MR) is 121 cm³/mol. The smallest absolute Gasteiger partial charge is 0.240 e. The number of oxazole rings is 1. The summed E-state index contributed by atoms with van der Waals surface area (Å²) in [5.74, 6) is 1.17. The predicted octanol–water partition coefficient (Wildman–Crippen LogP) is 2.81. The van der Waals surface area contributed by atoms with E-state index >= 15 is 0 Å². The van der Waals surface area contributed by atoms with E-state index in [2.05, 4.69) is 25.3 Å². The van der Waals surface area contributed by atoms with E-state index in [-0.39, 0.29) is 4.90 Å². The number of aliphatic imine (C=N–C) groups is 1. The molecule has 0 saturated carbocycles. The maximum Gasteiger partial charge on any atom is 0.240 e. The molecule has 31 heavy (non-hydrogen) atoms. The molecule has 0 radical (unpaired) electrons. The molecule has 0 amide bonds. The van der Waals surface area contributed by atoms with Crippen molar-refractivity contribution in [2.45, 2.75) is 31.8 Å². The first-order valence-corrected chi connectivity index (χ1v) is 11.5. The van der Waals surface area contributed by atoms with E-state index in [1.54, 1.807) is 24.5 Å². The highest BCUT2D eigenvalue weighted by Gasteiger charge is 2.11. The van der Waals surface area contributed by atoms with Gasteiger partial charge in [-0.1, -0.05) is 29.8 Å². The lowest BCUT2D eigenvalue weighted by Gasteiger charge is -2.10. The maximum atomic E-state index is 12.0. The molecule has 0 saturated heterocycles. The standard InChI is InChI=1S/C22H27N5O3S/c1-4-24-22(25-13-17-6-5-7-20(12-17)31(28,29)23-3)26-14-19-15-30-21(27-19)18-10-8-16(2)9-11-18/h5-12,15,23H,4,13-14H2,1-3H3,(H2,24,25,26). The van der Waals surface area contributed by atoms with Gasteiger partial charge in [0.05, 0.1) is 23.7 Å². The number of hydrogen-bond donors (Lipinski definition) is 3. The van der Waals surface area contributed by atoms with Crippen LogP contribution in [0.1, 0.15) is 23.7 Å². The zero-order valence-corrected chi connectivity index (χ0v) is 18.7. The number of rotatable bonds is 8. The average molecular weight is 442 g/mol. The van der Waals surface area contributed by atoms with E-state index in [4.69, 9.17) is 4.42 Å². The number of sulfonamides is 1. The minimum atomic E-state index is -3.49. The third kappa shape index (κ3) is 6.16. The largest absolute Gasteiger partial charge is 0.444 e. The highest BCUT2D eigenvalue weighted by Crippen LogP contribution is 2.19. The van der Waals surface area contributed by atoms with Crippen LogP contribution in [-0.2, 0) is 23.1 Å². The minimum Gasteiger partial charge on any atom is -0.444 e. The molecule has 0 aliphatic heterocycles. The molecule has 0 bridgehead atoms. The Hall–Kier alpha value is -3.17. The summed E-state index contributed by atoms with van der Waals surface area (Å²) in [5.41, 5.74) is 3.64. The Bertz CT molecular complexity index is 1140. The highest BCUT2D eigenvalue weighted by molar-refractivity contribution is 7.89. The van der Waals surface area contributed by atoms with Crippen molar-refractivity contribution in [2.24, 2.45) is 4.99 Å². The first kappa shape index (κ1) is 22.5. The van der Waals surface area contributed by atoms with Gasteiger partial charge in [-0.2, -0.15) is 0 Å². The number of nitrogens with one attached hydrogen (secondary N) is 3. The monoisotopic (exact) mass is 441 g/mol. The molecule has 0 unspecified atom stereocenters. The number of aryl methyl sites for hydroxylation is 1. The molecule has 3 aromatic rings. The van der Waals surface area contributed by atoms with Crippen molar-refractivity contribution in [1.29, 1.82) is 0 Å². The lowest BCUT2D eigenvalue weighted by molar-refractivity contribution is 0.572. The summed E-state index contributed by atoms with van der Waals surface area (Å²) in [6.07, 6.45) is 1.62. The van der Waals surface area contributed by atoms with Crippen LogP contribution in [0.4, 0.5) is 0 Å². The molecule has 3 N–H and O–H groups in total. The zero-order valence-electron chi connectivity index (χ0n) is 17.8. The summed E-state index contributed by atoms with van der Waals surface area (Å²) >= 11 is 0. The minimum absolute atomic E-state index is 0.215. The van der Waals surface area contributed by atoms with Gasteiger partial charge < -0.3 is 15.1 Å². The van der Waals surface area contributed by atoms with Crippen LogP contribution in [0.5, 0.6) is 0 Å². The lowest BCUT2D eigenvalue weighted by atomic mass is 10.1. The van der Waals surface area contributed by atoms with Crippen molar-refractivity contribution in [1.82, 2.24) is 20.3 Å². The molecule has 3 rings (SSSR count). The fraction of sp³-hybridized carbons (Fsp3) is 0.273. The van der Waals surface area contributed by atoms with E-state index in [9.17, 15) is 8.42 Å². The van der Waals surface area contributed by atoms with Crippen molar-refractivity contribution in [3.8, 4) is 11.5 Å². The molecule has 9 heteroatoms. The third-order valence-electron chi connectivity index (χ3n) is 4.53. The molecule has 1 aromatic heterocycles. The molecule has 0 atom stereocenters. The van der Waals surface area contributed by atoms with Gasteiger partial charge in [0, 0.05) is 12.1 Å². The van der Waals surface area contributed by atoms with Crippen molar-refractivity contribution in [3.63, 3.8) is 0 Å². The van der Waals surface area contributed by atoms with Crippen LogP contribution in [-0.4, -0.2) is 33.0 Å². The molecule has 0 fully saturated rings. The third-order valence-corrected chi connectivity index (χ3v) is 5.94. The van der Waals surface area contributed by atoms with Gasteiger partial charge >= 0.3 is 0 Å². The molecule has 0 spiro atoms. The van der Waals surface area contributed by atoms with Gasteiger partial charge in [0.1, 0.15) is 6.26 Å². The Morgan fingerprint density at radius 1 is 1.13 bits per heavy atom. The quantitative estimate of drug-likeness (QED) is 0.366. The Morgan fingerprint density at radius 3 is 2.61 bits per heavy atom. The topological polar surface area (TPSA) is 109 Å². The van der Waals surface area contributed by atoms with Crippen molar-refractivity contribution in [3.05, 3.63) is 71.6 Å². The zero-order chi connectivity index (χ0) is 22.3. The van der Waals surface area contributed by atoms with E-state index in [1.807, 2.05) is 44.2 Å². The first-order chi connectivity index (χ1) is 14.9. The van der Waals surface area contributed by atoms with E-state index in [1.165, 1.54) is 12.6 Å². The lowest BCUT2D eigenvalue weighted by Crippen LogP contribution is -2.36. The van der Waals surface area contributed by atoms with Crippen molar-refractivity contribution in [2.75, 3.05) is 13.6 Å². The highest BCUT2D eigenvalue weighted by atomic mass is 32.2. The molecular weight excluding hydrogens is 414 g/mol. The number of guanidine groups is 1. The van der Waals surface area contributed by atoms with E-state index < -0.39 is 10.0 Å². The Labute approximate surface area is 182 Å². The number of hydrogen-bond acceptors (Lipinski definition) is 5. The fourth-order valence-corrected chi connectivity index (χ4v) is 3.63. The summed E-state index contributed by atoms with van der Waals surface area (Å²) in [7, 11) is -2.10. The van der Waals surface area contributed by atoms with E-state index in [0.29, 0.717) is 31.5 Å². The van der Waals surface area contributed by atoms with Crippen molar-refractivity contribution < 1.29 is 12.8 Å². The summed E-state index contributed by atoms with van der Waals surface area (Å²) in [6.45, 7) is 5.47. The van der Waals surface area contributed by atoms with Crippen LogP contribution >= 0.6 is 0 Å². The molecule has 164 valence electrons. The molecular formula is C22H27N5O3S. The summed E-state index contributed by atoms with van der Waals surface area (Å²) in [4.78, 5) is 9.28. The van der Waals surface area contributed by atoms with Gasteiger partial charge in [-0.05, 0) is 50.7 Å². The van der Waals surface area contributed by atoms with Crippen LogP contribution in [0.2, 0.25) is 0 Å². The molecule has 8 nitrogen and oxygen atoms in total. The summed E-state index contributed by atoms with van der Waals surface area (Å²) < 4.78 is 31.9. The van der Waals surface area contributed by atoms with Gasteiger partial charge in [0.15, 0.2) is 5.96 Å². The fourth-order valence-electron chi connectivity index (χ4n) is 2.83. The molecule has 2 aromatic carbocycles. The van der Waals surface area contributed by atoms with Gasteiger partial charge in [-0.15, -0.1) is 0 Å². The number of aromatic nitrogens is 1. The van der Waals surface area contributed by atoms with Crippen molar-refractivity contribution >= 4 is 16.0 Å². The normalized spacial score (nSPS) is 12.0. The summed E-state index contributed by atoms with van der Waals surface area (Å²) in [5, 5.41) is 6.40. The van der Waals surface area contributed by atoms with Crippen LogP contribution in [0.15, 0.2) is 69.1 Å². The van der Waals surface area contributed by atoms with Gasteiger partial charge in [-0.25, -0.2) is 23.1 Å². The maximum absolute atomic E-state index is 12.0. The second-order valence-electron chi connectivity index (χ2n) is 6.91. The Balaban J connectivity index is 1.66. The second-order valence-corrected chi connectivity index (χ2v) is 8.80. The number of nitrogens with zero attached hydrogens (tertiary/aromatic N) is 2. The van der Waals surface area contributed by atoms with Crippen LogP contribution in [0, 0.1) is 6.92 Å². The van der Waals surface area contributed by atoms with Gasteiger partial charge in [0.2, 0.25) is 15.9 Å². The van der Waals surface area contributed by atoms with E-state index in [0.717, 1.165) is 16.8 Å². The SMILES string of the molecule is CCNC(=NCc1cccc(S(=O)(=O)NC)c1)NCc1coc(-c2ccc(C)cc2)n1. The molecule has 1 heterocycles. The average Bonchev–Trinajstić information content (AvgIpc) is 3.25. The van der Waals surface area contributed by atoms with Crippen LogP contribution < -0.4 is 15.4 Å². The Kier molecular flexibility index (Phi) is 7.43. The van der Waals surface area contributed by atoms with Gasteiger partial charge in [-0.3, -0.25) is 0 Å². The second kappa shape index (κ2) is 10.2. The first-order valence-electron chi connectivity index (χ1n) is 9.97.